The van der Waals surface area contributed by atoms with Crippen molar-refractivity contribution in [3.8, 4) is 11.5 Å². The van der Waals surface area contributed by atoms with E-state index in [0.717, 1.165) is 0 Å². The molecule has 0 radical (unpaired) electrons. The van der Waals surface area contributed by atoms with Crippen LogP contribution < -0.4 is 20.5 Å². The van der Waals surface area contributed by atoms with Crippen LogP contribution in [0.25, 0.3) is 0 Å². The van der Waals surface area contributed by atoms with Gasteiger partial charge in [-0.3, -0.25) is 4.79 Å². The minimum Gasteiger partial charge on any atom is -0.489 e. The molecule has 2 aromatic rings. The number of nitrogen functional groups attached to an aromatic ring is 1. The molecule has 11 heteroatoms. The summed E-state index contributed by atoms with van der Waals surface area (Å²) in [7, 11) is 0. The lowest BCUT2D eigenvalue weighted by Crippen LogP contribution is -2.07. The third kappa shape index (κ3) is 6.15. The van der Waals surface area contributed by atoms with Crippen LogP contribution in [-0.4, -0.2) is 53.6 Å². The van der Waals surface area contributed by atoms with Crippen molar-refractivity contribution in [1.82, 2.24) is 0 Å². The lowest BCUT2D eigenvalue weighted by Gasteiger charge is -2.12. The Labute approximate surface area is 171 Å². The quantitative estimate of drug-likeness (QED) is 0.288. The highest BCUT2D eigenvalue weighted by Gasteiger charge is 2.14. The standard InChI is InChI=1S/C19H22N4O7/c1-11(26)21-12-2-3-15(13(8-12)19(27)28)22-23-16-10-17(29-6-4-24)14(20)9-18(16)30-7-5-25/h2-3,8-10,24-25H,4-7,20H2,1H3,(H,21,26)(H,27,28). The van der Waals surface area contributed by atoms with Crippen LogP contribution >= 0.6 is 0 Å². The molecule has 2 aromatic carbocycles. The van der Waals surface area contributed by atoms with Crippen LogP contribution in [0.1, 0.15) is 17.3 Å². The molecule has 0 saturated carbocycles. The Kier molecular flexibility index (Phi) is 8.08. The summed E-state index contributed by atoms with van der Waals surface area (Å²) in [5.41, 5.74) is 6.47. The summed E-state index contributed by atoms with van der Waals surface area (Å²) in [6.45, 7) is 0.824. The maximum atomic E-state index is 11.6. The van der Waals surface area contributed by atoms with E-state index in [0.29, 0.717) is 5.69 Å². The second-order valence-electron chi connectivity index (χ2n) is 5.92. The summed E-state index contributed by atoms with van der Waals surface area (Å²) in [6, 6.07) is 7.00. The average molecular weight is 418 g/mol. The number of nitrogens with one attached hydrogen (secondary N) is 1. The summed E-state index contributed by atoms with van der Waals surface area (Å²) in [6.07, 6.45) is 0. The van der Waals surface area contributed by atoms with Gasteiger partial charge >= 0.3 is 5.97 Å². The summed E-state index contributed by atoms with van der Waals surface area (Å²) in [5, 5.41) is 37.9. The van der Waals surface area contributed by atoms with E-state index in [1.54, 1.807) is 0 Å². The van der Waals surface area contributed by atoms with Crippen molar-refractivity contribution in [2.75, 3.05) is 37.5 Å². The first-order valence-electron chi connectivity index (χ1n) is 8.83. The molecule has 0 heterocycles. The van der Waals surface area contributed by atoms with Gasteiger partial charge in [0, 0.05) is 24.7 Å². The number of anilines is 2. The number of carboxylic acid groups (broad SMARTS) is 1. The minimum atomic E-state index is -1.25. The Morgan fingerprint density at radius 3 is 2.23 bits per heavy atom. The SMILES string of the molecule is CC(=O)Nc1ccc(N=Nc2cc(OCCO)c(N)cc2OCCO)c(C(=O)O)c1. The van der Waals surface area contributed by atoms with E-state index < -0.39 is 5.97 Å². The number of amides is 1. The van der Waals surface area contributed by atoms with E-state index in [1.165, 1.54) is 37.3 Å². The molecule has 0 bridgehead atoms. The van der Waals surface area contributed by atoms with Crippen LogP contribution in [0, 0.1) is 0 Å². The zero-order valence-electron chi connectivity index (χ0n) is 16.2. The highest BCUT2D eigenvalue weighted by molar-refractivity contribution is 5.96. The molecule has 11 nitrogen and oxygen atoms in total. The molecule has 0 aliphatic heterocycles. The number of rotatable bonds is 10. The summed E-state index contributed by atoms with van der Waals surface area (Å²) in [5.74, 6) is -1.16. The maximum absolute atomic E-state index is 11.6. The third-order valence-corrected chi connectivity index (χ3v) is 3.60. The highest BCUT2D eigenvalue weighted by atomic mass is 16.5. The number of nitrogens with zero attached hydrogens (tertiary/aromatic N) is 2. The molecule has 0 saturated heterocycles. The van der Waals surface area contributed by atoms with Gasteiger partial charge in [0.25, 0.3) is 0 Å². The molecule has 0 aliphatic carbocycles. The zero-order chi connectivity index (χ0) is 22.1. The lowest BCUT2D eigenvalue weighted by molar-refractivity contribution is -0.114. The van der Waals surface area contributed by atoms with Gasteiger partial charge < -0.3 is 35.8 Å². The lowest BCUT2D eigenvalue weighted by atomic mass is 10.1. The smallest absolute Gasteiger partial charge is 0.338 e. The van der Waals surface area contributed by atoms with E-state index in [2.05, 4.69) is 15.5 Å². The van der Waals surface area contributed by atoms with Gasteiger partial charge in [-0.1, -0.05) is 0 Å². The van der Waals surface area contributed by atoms with Gasteiger partial charge in [-0.05, 0) is 18.2 Å². The number of benzene rings is 2. The van der Waals surface area contributed by atoms with Crippen LogP contribution in [0.2, 0.25) is 0 Å². The molecule has 1 amide bonds. The van der Waals surface area contributed by atoms with Crippen LogP contribution in [-0.2, 0) is 4.79 Å². The number of azo groups is 1. The van der Waals surface area contributed by atoms with Gasteiger partial charge in [0.15, 0.2) is 0 Å². The van der Waals surface area contributed by atoms with Crippen molar-refractivity contribution in [2.24, 2.45) is 10.2 Å². The predicted octanol–water partition coefficient (Wildman–Crippen LogP) is 2.08. The molecular weight excluding hydrogens is 396 g/mol. The number of carbonyl (C=O) groups excluding carboxylic acids is 1. The van der Waals surface area contributed by atoms with Crippen LogP contribution in [0.3, 0.4) is 0 Å². The molecule has 0 atom stereocenters. The van der Waals surface area contributed by atoms with Crippen LogP contribution in [0.15, 0.2) is 40.6 Å². The molecule has 0 aliphatic rings. The van der Waals surface area contributed by atoms with Crippen molar-refractivity contribution in [3.63, 3.8) is 0 Å². The van der Waals surface area contributed by atoms with Gasteiger partial charge in [-0.2, -0.15) is 0 Å². The number of hydrogen-bond donors (Lipinski definition) is 5. The van der Waals surface area contributed by atoms with E-state index in [-0.39, 0.29) is 66.5 Å². The molecule has 30 heavy (non-hydrogen) atoms. The second-order valence-corrected chi connectivity index (χ2v) is 5.92. The number of aliphatic hydroxyl groups is 2. The van der Waals surface area contributed by atoms with Crippen molar-refractivity contribution < 1.29 is 34.4 Å². The monoisotopic (exact) mass is 418 g/mol. The molecule has 0 aromatic heterocycles. The zero-order valence-corrected chi connectivity index (χ0v) is 16.2. The number of carboxylic acids is 1. The Balaban J connectivity index is 2.43. The summed E-state index contributed by atoms with van der Waals surface area (Å²) >= 11 is 0. The van der Waals surface area contributed by atoms with Crippen molar-refractivity contribution in [1.29, 1.82) is 0 Å². The van der Waals surface area contributed by atoms with Gasteiger partial charge in [0.05, 0.1) is 24.5 Å². The van der Waals surface area contributed by atoms with Gasteiger partial charge in [0.2, 0.25) is 5.91 Å². The largest absolute Gasteiger partial charge is 0.489 e. The van der Waals surface area contributed by atoms with Crippen molar-refractivity contribution >= 4 is 34.6 Å². The molecule has 2 rings (SSSR count). The van der Waals surface area contributed by atoms with Gasteiger partial charge in [0.1, 0.15) is 36.1 Å². The fourth-order valence-electron chi connectivity index (χ4n) is 2.38. The number of aliphatic hydroxyl groups excluding tert-OH is 2. The molecule has 0 spiro atoms. The van der Waals surface area contributed by atoms with Crippen molar-refractivity contribution in [3.05, 3.63) is 35.9 Å². The number of carbonyl (C=O) groups is 2. The van der Waals surface area contributed by atoms with Crippen LogP contribution in [0.4, 0.5) is 22.7 Å². The fourth-order valence-corrected chi connectivity index (χ4v) is 2.38. The second kappa shape index (κ2) is 10.7. The van der Waals surface area contributed by atoms with Crippen LogP contribution in [0.5, 0.6) is 11.5 Å². The number of aromatic carboxylic acids is 1. The average Bonchev–Trinajstić information content (AvgIpc) is 2.70. The van der Waals surface area contributed by atoms with Crippen molar-refractivity contribution in [2.45, 2.75) is 6.92 Å². The molecule has 160 valence electrons. The maximum Gasteiger partial charge on any atom is 0.338 e. The van der Waals surface area contributed by atoms with Gasteiger partial charge in [-0.15, -0.1) is 10.2 Å². The Hall–Kier alpha value is -3.70. The van der Waals surface area contributed by atoms with E-state index in [9.17, 15) is 14.7 Å². The van der Waals surface area contributed by atoms with Gasteiger partial charge in [-0.25, -0.2) is 4.79 Å². The molecule has 6 N–H and O–H groups in total. The predicted molar refractivity (Wildman–Crippen MR) is 108 cm³/mol. The summed E-state index contributed by atoms with van der Waals surface area (Å²) in [4.78, 5) is 22.7. The normalized spacial score (nSPS) is 10.8. The molecular formula is C19H22N4O7. The first-order valence-corrected chi connectivity index (χ1v) is 8.83. The highest BCUT2D eigenvalue weighted by Crippen LogP contribution is 2.38. The molecule has 0 fully saturated rings. The number of ether oxygens (including phenoxy) is 2. The third-order valence-electron chi connectivity index (χ3n) is 3.60. The van der Waals surface area contributed by atoms with E-state index in [4.69, 9.17) is 25.4 Å². The van der Waals surface area contributed by atoms with E-state index >= 15 is 0 Å². The topological polar surface area (TPSA) is 176 Å². The number of hydrogen-bond acceptors (Lipinski definition) is 9. The van der Waals surface area contributed by atoms with E-state index in [1.807, 2.05) is 0 Å². The first-order chi connectivity index (χ1) is 14.3. The fraction of sp³-hybridized carbons (Fsp3) is 0.263. The molecule has 0 unspecified atom stereocenters. The number of nitrogens with two attached hydrogens (primary N) is 1. The Bertz CT molecular complexity index is 947. The first kappa shape index (κ1) is 22.6. The Morgan fingerprint density at radius 2 is 1.63 bits per heavy atom. The minimum absolute atomic E-state index is 0.00536. The summed E-state index contributed by atoms with van der Waals surface area (Å²) < 4.78 is 10.7. The Morgan fingerprint density at radius 1 is 1.00 bits per heavy atom.